The van der Waals surface area contributed by atoms with Crippen LogP contribution in [0.1, 0.15) is 5.56 Å². The predicted octanol–water partition coefficient (Wildman–Crippen LogP) is 7.99. The van der Waals surface area contributed by atoms with E-state index in [0.29, 0.717) is 0 Å². The van der Waals surface area contributed by atoms with Gasteiger partial charge in [-0.15, -0.1) is 0 Å². The van der Waals surface area contributed by atoms with Crippen molar-refractivity contribution in [1.82, 2.24) is 0 Å². The SMILES string of the molecule is C(=C(\Nc1ccccc1P(c1ccccc1)c1ccccc1)c1ccccc1)/P(c1ccccc1)c1ccccc1. The Bertz CT molecular complexity index is 1610. The van der Waals surface area contributed by atoms with Crippen LogP contribution in [-0.4, -0.2) is 0 Å². The molecule has 6 rings (SSSR count). The molecule has 1 nitrogen and oxygen atoms in total. The Morgan fingerprint density at radius 3 is 1.29 bits per heavy atom. The summed E-state index contributed by atoms with van der Waals surface area (Å²) in [6.07, 6.45) is 0. The van der Waals surface area contributed by atoms with Gasteiger partial charge in [0.1, 0.15) is 0 Å². The summed E-state index contributed by atoms with van der Waals surface area (Å²) in [5.74, 6) is 2.44. The lowest BCUT2D eigenvalue weighted by Crippen LogP contribution is -2.23. The second-order valence-corrected chi connectivity index (χ2v) is 13.8. The van der Waals surface area contributed by atoms with E-state index in [1.165, 1.54) is 32.1 Å². The summed E-state index contributed by atoms with van der Waals surface area (Å²) < 4.78 is 0. The molecule has 0 heterocycles. The number of hydrogen-bond acceptors (Lipinski definition) is 1. The third-order valence-corrected chi connectivity index (χ3v) is 11.6. The second kappa shape index (κ2) is 13.4. The van der Waals surface area contributed by atoms with E-state index in [4.69, 9.17) is 0 Å². The van der Waals surface area contributed by atoms with Crippen molar-refractivity contribution in [2.24, 2.45) is 0 Å². The van der Waals surface area contributed by atoms with Crippen molar-refractivity contribution in [1.29, 1.82) is 0 Å². The molecular weight excluding hydrogens is 532 g/mol. The number of benzene rings is 6. The number of rotatable bonds is 9. The Kier molecular flexibility index (Phi) is 8.79. The lowest BCUT2D eigenvalue weighted by atomic mass is 10.1. The van der Waals surface area contributed by atoms with Gasteiger partial charge >= 0.3 is 0 Å². The molecule has 198 valence electrons. The fourth-order valence-corrected chi connectivity index (χ4v) is 9.36. The van der Waals surface area contributed by atoms with Gasteiger partial charge in [-0.25, -0.2) is 0 Å². The summed E-state index contributed by atoms with van der Waals surface area (Å²) in [6, 6.07) is 63.0. The van der Waals surface area contributed by atoms with Gasteiger partial charge in [0.2, 0.25) is 0 Å². The van der Waals surface area contributed by atoms with Crippen LogP contribution >= 0.6 is 15.8 Å². The summed E-state index contributed by atoms with van der Waals surface area (Å²) in [4.78, 5) is 0. The lowest BCUT2D eigenvalue weighted by molar-refractivity contribution is 1.55. The highest BCUT2D eigenvalue weighted by Gasteiger charge is 2.21. The molecule has 0 aliphatic heterocycles. The lowest BCUT2D eigenvalue weighted by Gasteiger charge is -2.24. The second-order valence-electron chi connectivity index (χ2n) is 9.60. The molecule has 0 aromatic heterocycles. The molecule has 6 aromatic rings. The van der Waals surface area contributed by atoms with Crippen molar-refractivity contribution in [3.8, 4) is 0 Å². The van der Waals surface area contributed by atoms with Crippen molar-refractivity contribution in [3.05, 3.63) is 187 Å². The summed E-state index contributed by atoms with van der Waals surface area (Å²) in [7, 11) is -1.50. The smallest absolute Gasteiger partial charge is 0.0469 e. The third kappa shape index (κ3) is 6.55. The fourth-order valence-electron chi connectivity index (χ4n) is 4.90. The summed E-state index contributed by atoms with van der Waals surface area (Å²) in [5.41, 5.74) is 3.43. The summed E-state index contributed by atoms with van der Waals surface area (Å²) in [6.45, 7) is 0. The van der Waals surface area contributed by atoms with Crippen molar-refractivity contribution in [2.75, 3.05) is 5.32 Å². The number of hydrogen-bond donors (Lipinski definition) is 1. The first-order valence-corrected chi connectivity index (χ1v) is 16.5. The van der Waals surface area contributed by atoms with E-state index < -0.39 is 15.8 Å². The quantitative estimate of drug-likeness (QED) is 0.176. The molecule has 1 N–H and O–H groups in total. The topological polar surface area (TPSA) is 12.0 Å². The maximum absolute atomic E-state index is 3.95. The first-order valence-electron chi connectivity index (χ1n) is 13.8. The van der Waals surface area contributed by atoms with Crippen molar-refractivity contribution >= 4 is 53.8 Å². The van der Waals surface area contributed by atoms with Gasteiger partial charge in [0, 0.05) is 16.7 Å². The predicted molar refractivity (Wildman–Crippen MR) is 182 cm³/mol. The zero-order valence-corrected chi connectivity index (χ0v) is 24.5. The molecule has 0 saturated heterocycles. The van der Waals surface area contributed by atoms with Gasteiger partial charge in [-0.05, 0) is 54.5 Å². The zero-order chi connectivity index (χ0) is 27.7. The Morgan fingerprint density at radius 2 is 0.805 bits per heavy atom. The first kappa shape index (κ1) is 26.9. The standard InChI is InChI=1S/C38H31NP2/c1-6-18-31(19-7-1)37(30-40(32-20-8-2-9-21-32)33-22-10-3-11-23-33)39-36-28-16-17-29-38(36)41(34-24-12-4-13-25-34)35-26-14-5-15-27-35/h1-30,39H/b37-30+. The molecule has 3 heteroatoms. The molecular formula is C38H31NP2. The van der Waals surface area contributed by atoms with Crippen molar-refractivity contribution < 1.29 is 0 Å². The fraction of sp³-hybridized carbons (Fsp3) is 0. The van der Waals surface area contributed by atoms with Crippen LogP contribution < -0.4 is 31.8 Å². The van der Waals surface area contributed by atoms with Crippen LogP contribution in [0.5, 0.6) is 0 Å². The molecule has 0 amide bonds. The van der Waals surface area contributed by atoms with Gasteiger partial charge in [0.25, 0.3) is 0 Å². The molecule has 6 aromatic carbocycles. The monoisotopic (exact) mass is 563 g/mol. The molecule has 0 atom stereocenters. The normalized spacial score (nSPS) is 11.5. The molecule has 0 fully saturated rings. The molecule has 0 bridgehead atoms. The molecule has 0 saturated carbocycles. The van der Waals surface area contributed by atoms with E-state index in [1.807, 2.05) is 0 Å². The molecule has 0 unspecified atom stereocenters. The summed E-state index contributed by atoms with van der Waals surface area (Å²) >= 11 is 0. The van der Waals surface area contributed by atoms with Crippen LogP contribution in [0.2, 0.25) is 0 Å². The Balaban J connectivity index is 1.49. The average Bonchev–Trinajstić information content (AvgIpc) is 3.06. The first-order chi connectivity index (χ1) is 20.4. The minimum Gasteiger partial charge on any atom is -0.354 e. The van der Waals surface area contributed by atoms with Crippen LogP contribution in [0.4, 0.5) is 5.69 Å². The number of anilines is 1. The van der Waals surface area contributed by atoms with Crippen LogP contribution in [0, 0.1) is 0 Å². The molecule has 0 radical (unpaired) electrons. The highest BCUT2D eigenvalue weighted by atomic mass is 31.1. The highest BCUT2D eigenvalue weighted by Crippen LogP contribution is 2.40. The van der Waals surface area contributed by atoms with Crippen molar-refractivity contribution in [2.45, 2.75) is 0 Å². The molecule has 41 heavy (non-hydrogen) atoms. The van der Waals surface area contributed by atoms with E-state index in [-0.39, 0.29) is 0 Å². The van der Waals surface area contributed by atoms with Crippen LogP contribution in [0.15, 0.2) is 182 Å². The minimum absolute atomic E-state index is 0.742. The van der Waals surface area contributed by atoms with E-state index >= 15 is 0 Å². The van der Waals surface area contributed by atoms with Crippen LogP contribution in [0.25, 0.3) is 5.70 Å². The van der Waals surface area contributed by atoms with Gasteiger partial charge in [0.05, 0.1) is 0 Å². The Morgan fingerprint density at radius 1 is 0.415 bits per heavy atom. The number of nitrogens with one attached hydrogen (secondary N) is 1. The van der Waals surface area contributed by atoms with Gasteiger partial charge in [0.15, 0.2) is 0 Å². The van der Waals surface area contributed by atoms with E-state index in [9.17, 15) is 0 Å². The Labute approximate surface area is 245 Å². The van der Waals surface area contributed by atoms with E-state index in [0.717, 1.165) is 11.4 Å². The van der Waals surface area contributed by atoms with E-state index in [1.54, 1.807) is 0 Å². The summed E-state index contributed by atoms with van der Waals surface area (Å²) in [5, 5.41) is 10.6. The van der Waals surface area contributed by atoms with Crippen LogP contribution in [0.3, 0.4) is 0 Å². The van der Waals surface area contributed by atoms with Crippen LogP contribution in [-0.2, 0) is 0 Å². The molecule has 0 spiro atoms. The van der Waals surface area contributed by atoms with Crippen molar-refractivity contribution in [3.63, 3.8) is 0 Å². The zero-order valence-electron chi connectivity index (χ0n) is 22.7. The van der Waals surface area contributed by atoms with E-state index in [2.05, 4.69) is 187 Å². The van der Waals surface area contributed by atoms with Gasteiger partial charge in [-0.3, -0.25) is 0 Å². The van der Waals surface area contributed by atoms with Gasteiger partial charge < -0.3 is 5.32 Å². The maximum Gasteiger partial charge on any atom is 0.0469 e. The largest absolute Gasteiger partial charge is 0.354 e. The minimum atomic E-state index is -0.759. The highest BCUT2D eigenvalue weighted by molar-refractivity contribution is 7.80. The molecule has 0 aliphatic carbocycles. The van der Waals surface area contributed by atoms with Gasteiger partial charge in [-0.1, -0.05) is 170 Å². The third-order valence-electron chi connectivity index (χ3n) is 6.85. The maximum atomic E-state index is 3.95. The van der Waals surface area contributed by atoms with Gasteiger partial charge in [-0.2, -0.15) is 0 Å². The Hall–Kier alpha value is -4.28. The average molecular weight is 564 g/mol. The number of para-hydroxylation sites is 1. The molecule has 0 aliphatic rings.